The molecular weight excluding hydrogens is 200 g/mol. The van der Waals surface area contributed by atoms with E-state index in [1.54, 1.807) is 7.05 Å². The summed E-state index contributed by atoms with van der Waals surface area (Å²) in [4.78, 5) is 10.3. The summed E-state index contributed by atoms with van der Waals surface area (Å²) < 4.78 is -0.144. The van der Waals surface area contributed by atoms with E-state index in [2.05, 4.69) is 21.2 Å². The van der Waals surface area contributed by atoms with Gasteiger partial charge in [-0.25, -0.2) is 4.79 Å². The fourth-order valence-electron chi connectivity index (χ4n) is 0.363. The van der Waals surface area contributed by atoms with E-state index in [-0.39, 0.29) is 10.2 Å². The Hall–Kier alpha value is -0.840. The van der Waals surface area contributed by atoms with Crippen LogP contribution < -0.4 is 5.32 Å². The largest absolute Gasteiger partial charge is 0.478 e. The van der Waals surface area contributed by atoms with Crippen LogP contribution in [0.5, 0.6) is 0 Å². The van der Waals surface area contributed by atoms with Gasteiger partial charge in [0.2, 0.25) is 0 Å². The number of carbonyl (C=O) groups is 1. The summed E-state index contributed by atoms with van der Waals surface area (Å²) in [6.07, 6.45) is 1.24. The Morgan fingerprint density at radius 3 is 2.40 bits per heavy atom. The molecule has 0 unspecified atom stereocenters. The molecule has 0 atom stereocenters. The van der Waals surface area contributed by atoms with E-state index in [0.717, 1.165) is 0 Å². The highest BCUT2D eigenvalue weighted by molar-refractivity contribution is 9.18. The van der Waals surface area contributed by atoms with Crippen LogP contribution in [0, 0.1) is 5.41 Å². The van der Waals surface area contributed by atoms with Crippen molar-refractivity contribution in [1.29, 1.82) is 5.41 Å². The molecule has 0 saturated heterocycles. The predicted molar refractivity (Wildman–Crippen MR) is 41.4 cm³/mol. The third-order valence-electron chi connectivity index (χ3n) is 0.756. The molecule has 5 heteroatoms. The third kappa shape index (κ3) is 2.63. The number of aliphatic carboxylic acids is 1. The highest BCUT2D eigenvalue weighted by Gasteiger charge is 2.09. The summed E-state index contributed by atoms with van der Waals surface area (Å²) in [6.45, 7) is 0. The van der Waals surface area contributed by atoms with Crippen LogP contribution in [0.15, 0.2) is 11.8 Å². The monoisotopic (exact) mass is 206 g/mol. The van der Waals surface area contributed by atoms with E-state index >= 15 is 0 Å². The maximum atomic E-state index is 10.3. The summed E-state index contributed by atoms with van der Waals surface area (Å²) in [7, 11) is 1.57. The quantitative estimate of drug-likeness (QED) is 0.467. The van der Waals surface area contributed by atoms with Crippen molar-refractivity contribution < 1.29 is 9.90 Å². The van der Waals surface area contributed by atoms with E-state index < -0.39 is 5.97 Å². The SMILES string of the molecule is CN/C=C(\C(=N)Br)C(=O)O. The molecule has 0 fully saturated rings. The van der Waals surface area contributed by atoms with Crippen LogP contribution in [0.1, 0.15) is 0 Å². The fraction of sp³-hybridized carbons (Fsp3) is 0.200. The van der Waals surface area contributed by atoms with E-state index in [1.807, 2.05) is 0 Å². The molecule has 0 rings (SSSR count). The van der Waals surface area contributed by atoms with Gasteiger partial charge in [0, 0.05) is 13.2 Å². The highest BCUT2D eigenvalue weighted by atomic mass is 79.9. The van der Waals surface area contributed by atoms with Crippen molar-refractivity contribution in [2.24, 2.45) is 0 Å². The van der Waals surface area contributed by atoms with E-state index in [1.165, 1.54) is 6.20 Å². The zero-order chi connectivity index (χ0) is 8.15. The number of hydrogen-bond acceptors (Lipinski definition) is 3. The lowest BCUT2D eigenvalue weighted by molar-refractivity contribution is -0.132. The average Bonchev–Trinajstić information content (AvgIpc) is 1.81. The lowest BCUT2D eigenvalue weighted by Crippen LogP contribution is -2.10. The maximum absolute atomic E-state index is 10.3. The molecule has 0 spiro atoms. The number of carboxylic acid groups (broad SMARTS) is 1. The molecule has 0 aromatic carbocycles. The molecule has 10 heavy (non-hydrogen) atoms. The minimum absolute atomic E-state index is 0.0949. The van der Waals surface area contributed by atoms with Crippen LogP contribution in [-0.2, 0) is 4.79 Å². The second kappa shape index (κ2) is 4.05. The molecular formula is C5H7BrN2O2. The Morgan fingerprint density at radius 2 is 2.30 bits per heavy atom. The van der Waals surface area contributed by atoms with Crippen molar-refractivity contribution in [3.05, 3.63) is 11.8 Å². The van der Waals surface area contributed by atoms with Crippen molar-refractivity contribution in [3.63, 3.8) is 0 Å². The van der Waals surface area contributed by atoms with Crippen LogP contribution in [0.25, 0.3) is 0 Å². The molecule has 0 aliphatic carbocycles. The zero-order valence-corrected chi connectivity index (χ0v) is 6.90. The summed E-state index contributed by atoms with van der Waals surface area (Å²) in [6, 6.07) is 0. The number of nitrogens with one attached hydrogen (secondary N) is 2. The first-order chi connectivity index (χ1) is 4.59. The number of halogens is 1. The first kappa shape index (κ1) is 9.16. The van der Waals surface area contributed by atoms with Crippen molar-refractivity contribution in [3.8, 4) is 0 Å². The molecule has 0 aliphatic heterocycles. The number of hydrogen-bond donors (Lipinski definition) is 3. The third-order valence-corrected chi connectivity index (χ3v) is 1.18. The van der Waals surface area contributed by atoms with Crippen molar-refractivity contribution in [1.82, 2.24) is 5.32 Å². The number of rotatable bonds is 3. The Labute approximate surface area is 66.6 Å². The van der Waals surface area contributed by atoms with Gasteiger partial charge in [-0.2, -0.15) is 0 Å². The normalized spacial score (nSPS) is 10.8. The topological polar surface area (TPSA) is 73.2 Å². The van der Waals surface area contributed by atoms with Gasteiger partial charge in [-0.05, 0) is 15.9 Å². The lowest BCUT2D eigenvalue weighted by Gasteiger charge is -1.95. The molecule has 0 saturated carbocycles. The van der Waals surface area contributed by atoms with Gasteiger partial charge in [-0.3, -0.25) is 5.41 Å². The van der Waals surface area contributed by atoms with Gasteiger partial charge < -0.3 is 10.4 Å². The second-order valence-corrected chi connectivity index (χ2v) is 2.26. The zero-order valence-electron chi connectivity index (χ0n) is 5.31. The van der Waals surface area contributed by atoms with Crippen molar-refractivity contribution >= 4 is 26.5 Å². The molecule has 56 valence electrons. The van der Waals surface area contributed by atoms with Gasteiger partial charge in [-0.15, -0.1) is 0 Å². The second-order valence-electron chi connectivity index (χ2n) is 1.47. The fourth-order valence-corrected chi connectivity index (χ4v) is 0.647. The van der Waals surface area contributed by atoms with E-state index in [0.29, 0.717) is 0 Å². The van der Waals surface area contributed by atoms with Gasteiger partial charge in [0.25, 0.3) is 0 Å². The molecule has 0 bridgehead atoms. The van der Waals surface area contributed by atoms with Crippen LogP contribution in [0.3, 0.4) is 0 Å². The van der Waals surface area contributed by atoms with Crippen LogP contribution in [-0.4, -0.2) is 22.7 Å². The summed E-state index contributed by atoms with van der Waals surface area (Å²) >= 11 is 2.74. The van der Waals surface area contributed by atoms with Gasteiger partial charge in [0.15, 0.2) is 0 Å². The Kier molecular flexibility index (Phi) is 3.71. The molecule has 0 heterocycles. The van der Waals surface area contributed by atoms with Crippen LogP contribution in [0.4, 0.5) is 0 Å². The summed E-state index contributed by atoms with van der Waals surface area (Å²) in [5, 5.41) is 17.8. The Bertz CT molecular complexity index is 172. The molecule has 0 aliphatic rings. The standard InChI is InChI=1S/C5H7BrN2O2/c1-8-2-3(4(6)7)5(9)10/h2,7-8H,1H3,(H,9,10)/b3-2+,7-4?. The van der Waals surface area contributed by atoms with Crippen LogP contribution >= 0.6 is 15.9 Å². The van der Waals surface area contributed by atoms with Gasteiger partial charge in [0.1, 0.15) is 10.2 Å². The smallest absolute Gasteiger partial charge is 0.339 e. The minimum Gasteiger partial charge on any atom is -0.478 e. The van der Waals surface area contributed by atoms with Crippen molar-refractivity contribution in [2.75, 3.05) is 7.05 Å². The number of carboxylic acids is 1. The molecule has 0 aromatic rings. The highest BCUT2D eigenvalue weighted by Crippen LogP contribution is 2.00. The Balaban J connectivity index is 4.42. The maximum Gasteiger partial charge on any atom is 0.339 e. The van der Waals surface area contributed by atoms with Gasteiger partial charge in [-0.1, -0.05) is 0 Å². The van der Waals surface area contributed by atoms with E-state index in [9.17, 15) is 4.79 Å². The molecule has 0 radical (unpaired) electrons. The summed E-state index contributed by atoms with van der Waals surface area (Å²) in [5.74, 6) is -1.13. The van der Waals surface area contributed by atoms with Crippen LogP contribution in [0.2, 0.25) is 0 Å². The lowest BCUT2D eigenvalue weighted by atomic mass is 10.3. The summed E-state index contributed by atoms with van der Waals surface area (Å²) in [5.41, 5.74) is -0.0949. The average molecular weight is 207 g/mol. The molecule has 0 aromatic heterocycles. The first-order valence-electron chi connectivity index (χ1n) is 2.44. The first-order valence-corrected chi connectivity index (χ1v) is 3.24. The molecule has 4 nitrogen and oxygen atoms in total. The van der Waals surface area contributed by atoms with E-state index in [4.69, 9.17) is 10.5 Å². The molecule has 3 N–H and O–H groups in total. The Morgan fingerprint density at radius 1 is 1.80 bits per heavy atom. The minimum atomic E-state index is -1.13. The van der Waals surface area contributed by atoms with Gasteiger partial charge >= 0.3 is 5.97 Å². The van der Waals surface area contributed by atoms with Crippen molar-refractivity contribution in [2.45, 2.75) is 0 Å². The molecule has 0 amide bonds. The predicted octanol–water partition coefficient (Wildman–Crippen LogP) is 0.546. The van der Waals surface area contributed by atoms with Gasteiger partial charge in [0.05, 0.1) is 0 Å².